The summed E-state index contributed by atoms with van der Waals surface area (Å²) >= 11 is 0. The van der Waals surface area contributed by atoms with Gasteiger partial charge in [-0.3, -0.25) is 4.79 Å². The van der Waals surface area contributed by atoms with Crippen LogP contribution in [0.5, 0.6) is 0 Å². The van der Waals surface area contributed by atoms with Gasteiger partial charge in [0, 0.05) is 18.8 Å². The van der Waals surface area contributed by atoms with Crippen molar-refractivity contribution in [1.82, 2.24) is 9.88 Å². The number of nitrogens with zero attached hydrogens (tertiary/aromatic N) is 2. The predicted molar refractivity (Wildman–Crippen MR) is 61.2 cm³/mol. The second kappa shape index (κ2) is 6.20. The first kappa shape index (κ1) is 15.0. The van der Waals surface area contributed by atoms with E-state index in [0.29, 0.717) is 10.5 Å². The van der Waals surface area contributed by atoms with Crippen molar-refractivity contribution in [2.24, 2.45) is 0 Å². The molecule has 1 aromatic rings. The van der Waals surface area contributed by atoms with Crippen molar-refractivity contribution in [2.75, 3.05) is 20.2 Å². The number of alkyl halides is 3. The van der Waals surface area contributed by atoms with Crippen LogP contribution < -0.4 is 0 Å². The topological polar surface area (TPSA) is 53.4 Å². The Morgan fingerprint density at radius 2 is 2.16 bits per heavy atom. The minimum absolute atomic E-state index is 0.0960. The molecule has 7 heteroatoms. The molecule has 0 aliphatic heterocycles. The minimum atomic E-state index is -4.45. The van der Waals surface area contributed by atoms with Crippen LogP contribution in [-0.2, 0) is 0 Å². The summed E-state index contributed by atoms with van der Waals surface area (Å²) in [4.78, 5) is 15.9. The molecular weight excluding hydrogens is 261 g/mol. The van der Waals surface area contributed by atoms with E-state index in [4.69, 9.17) is 5.11 Å². The van der Waals surface area contributed by atoms with E-state index in [1.54, 1.807) is 0 Å². The number of rotatable bonds is 2. The Labute approximate surface area is 107 Å². The molecule has 0 aromatic carbocycles. The zero-order valence-electron chi connectivity index (χ0n) is 10.0. The van der Waals surface area contributed by atoms with Crippen LogP contribution in [0, 0.1) is 11.8 Å². The summed E-state index contributed by atoms with van der Waals surface area (Å²) in [5, 5.41) is 8.49. The number of carbonyl (C=O) groups excluding carboxylic acids is 1. The number of hydrogen-bond acceptors (Lipinski definition) is 3. The van der Waals surface area contributed by atoms with Gasteiger partial charge in [-0.2, -0.15) is 13.2 Å². The molecule has 0 radical (unpaired) electrons. The fourth-order valence-corrected chi connectivity index (χ4v) is 1.27. The summed E-state index contributed by atoms with van der Waals surface area (Å²) in [5.41, 5.74) is 0.366. The van der Waals surface area contributed by atoms with Crippen LogP contribution in [0.1, 0.15) is 16.1 Å². The number of amides is 1. The molecule has 0 aliphatic carbocycles. The van der Waals surface area contributed by atoms with Crippen molar-refractivity contribution < 1.29 is 23.1 Å². The lowest BCUT2D eigenvalue weighted by Gasteiger charge is -2.18. The summed E-state index contributed by atoms with van der Waals surface area (Å²) < 4.78 is 36.4. The standard InChI is InChI=1S/C12H11F3N2O2/c1-17(8-12(13,14)15)11(19)10-5-4-9(7-16-10)3-2-6-18/h4-5,7,18H,6,8H2,1H3. The Morgan fingerprint density at radius 3 is 2.63 bits per heavy atom. The minimum Gasteiger partial charge on any atom is -0.384 e. The second-order valence-electron chi connectivity index (χ2n) is 3.67. The highest BCUT2D eigenvalue weighted by atomic mass is 19.4. The van der Waals surface area contributed by atoms with E-state index in [9.17, 15) is 18.0 Å². The van der Waals surface area contributed by atoms with E-state index in [1.165, 1.54) is 18.3 Å². The molecule has 4 nitrogen and oxygen atoms in total. The number of carbonyl (C=O) groups is 1. The summed E-state index contributed by atoms with van der Waals surface area (Å²) in [6.07, 6.45) is -3.19. The first-order chi connectivity index (χ1) is 8.83. The van der Waals surface area contributed by atoms with E-state index in [0.717, 1.165) is 7.05 Å². The molecule has 0 unspecified atom stereocenters. The molecule has 0 fully saturated rings. The van der Waals surface area contributed by atoms with Crippen molar-refractivity contribution >= 4 is 5.91 Å². The van der Waals surface area contributed by atoms with Gasteiger partial charge in [0.15, 0.2) is 0 Å². The Hall–Kier alpha value is -2.07. The highest BCUT2D eigenvalue weighted by molar-refractivity contribution is 5.92. The summed E-state index contributed by atoms with van der Waals surface area (Å²) in [5.74, 6) is 4.13. The number of aliphatic hydroxyl groups excluding tert-OH is 1. The molecule has 0 bridgehead atoms. The van der Waals surface area contributed by atoms with Crippen LogP contribution in [0.3, 0.4) is 0 Å². The maximum absolute atomic E-state index is 12.1. The van der Waals surface area contributed by atoms with Crippen LogP contribution in [0.25, 0.3) is 0 Å². The van der Waals surface area contributed by atoms with Crippen molar-refractivity contribution in [3.63, 3.8) is 0 Å². The van der Waals surface area contributed by atoms with Gasteiger partial charge in [-0.15, -0.1) is 0 Å². The maximum Gasteiger partial charge on any atom is 0.406 e. The molecule has 19 heavy (non-hydrogen) atoms. The third-order valence-corrected chi connectivity index (χ3v) is 2.06. The quantitative estimate of drug-likeness (QED) is 0.819. The van der Waals surface area contributed by atoms with E-state index in [1.807, 2.05) is 0 Å². The Kier molecular flexibility index (Phi) is 4.89. The molecule has 0 spiro atoms. The molecule has 1 heterocycles. The molecule has 0 saturated carbocycles. The number of aliphatic hydroxyl groups is 1. The van der Waals surface area contributed by atoms with Crippen molar-refractivity contribution in [3.8, 4) is 11.8 Å². The summed E-state index contributed by atoms with van der Waals surface area (Å²) in [6, 6.07) is 2.74. The smallest absolute Gasteiger partial charge is 0.384 e. The maximum atomic E-state index is 12.1. The van der Waals surface area contributed by atoms with Gasteiger partial charge in [0.1, 0.15) is 18.8 Å². The Morgan fingerprint density at radius 1 is 1.47 bits per heavy atom. The SMILES string of the molecule is CN(CC(F)(F)F)C(=O)c1ccc(C#CCO)cn1. The molecule has 0 saturated heterocycles. The summed E-state index contributed by atoms with van der Waals surface area (Å²) in [6.45, 7) is -1.64. The lowest BCUT2D eigenvalue weighted by molar-refractivity contribution is -0.138. The van der Waals surface area contributed by atoms with Crippen LogP contribution in [0.4, 0.5) is 13.2 Å². The van der Waals surface area contributed by atoms with Gasteiger partial charge >= 0.3 is 6.18 Å². The Bertz CT molecular complexity index is 500. The molecule has 0 atom stereocenters. The largest absolute Gasteiger partial charge is 0.406 e. The zero-order valence-corrected chi connectivity index (χ0v) is 10.0. The third-order valence-electron chi connectivity index (χ3n) is 2.06. The monoisotopic (exact) mass is 272 g/mol. The fraction of sp³-hybridized carbons (Fsp3) is 0.333. The van der Waals surface area contributed by atoms with Crippen LogP contribution >= 0.6 is 0 Å². The first-order valence-corrected chi connectivity index (χ1v) is 5.21. The third kappa shape index (κ3) is 4.97. The van der Waals surface area contributed by atoms with E-state index >= 15 is 0 Å². The van der Waals surface area contributed by atoms with E-state index in [-0.39, 0.29) is 12.3 Å². The summed E-state index contributed by atoms with van der Waals surface area (Å²) in [7, 11) is 1.05. The van der Waals surface area contributed by atoms with Gasteiger partial charge < -0.3 is 10.0 Å². The number of aromatic nitrogens is 1. The van der Waals surface area contributed by atoms with Gasteiger partial charge in [0.25, 0.3) is 5.91 Å². The van der Waals surface area contributed by atoms with Gasteiger partial charge in [0.2, 0.25) is 0 Å². The van der Waals surface area contributed by atoms with Crippen LogP contribution in [0.15, 0.2) is 18.3 Å². The van der Waals surface area contributed by atoms with Gasteiger partial charge in [-0.05, 0) is 12.1 Å². The predicted octanol–water partition coefficient (Wildman–Crippen LogP) is 1.06. The highest BCUT2D eigenvalue weighted by Crippen LogP contribution is 2.16. The fourth-order valence-electron chi connectivity index (χ4n) is 1.27. The normalized spacial score (nSPS) is 10.6. The lowest BCUT2D eigenvalue weighted by Crippen LogP contribution is -2.36. The zero-order chi connectivity index (χ0) is 14.5. The number of pyridine rings is 1. The van der Waals surface area contributed by atoms with Gasteiger partial charge in [-0.25, -0.2) is 4.98 Å². The lowest BCUT2D eigenvalue weighted by atomic mass is 10.2. The van der Waals surface area contributed by atoms with Crippen molar-refractivity contribution in [3.05, 3.63) is 29.6 Å². The number of halogens is 3. The average Bonchev–Trinajstić information content (AvgIpc) is 2.34. The molecule has 0 aliphatic rings. The first-order valence-electron chi connectivity index (χ1n) is 5.21. The average molecular weight is 272 g/mol. The van der Waals surface area contributed by atoms with Crippen LogP contribution in [0.2, 0.25) is 0 Å². The molecule has 1 amide bonds. The Balaban J connectivity index is 2.78. The molecule has 1 N–H and O–H groups in total. The van der Waals surface area contributed by atoms with Crippen molar-refractivity contribution in [2.45, 2.75) is 6.18 Å². The van der Waals surface area contributed by atoms with Crippen LogP contribution in [-0.4, -0.2) is 47.3 Å². The molecule has 1 aromatic heterocycles. The van der Waals surface area contributed by atoms with E-state index < -0.39 is 18.6 Å². The molecular formula is C12H11F3N2O2. The molecule has 102 valence electrons. The van der Waals surface area contributed by atoms with Crippen molar-refractivity contribution in [1.29, 1.82) is 0 Å². The van der Waals surface area contributed by atoms with Gasteiger partial charge in [0.05, 0.1) is 0 Å². The highest BCUT2D eigenvalue weighted by Gasteiger charge is 2.31. The van der Waals surface area contributed by atoms with E-state index in [2.05, 4.69) is 16.8 Å². The molecule has 1 rings (SSSR count). The second-order valence-corrected chi connectivity index (χ2v) is 3.67. The van der Waals surface area contributed by atoms with Gasteiger partial charge in [-0.1, -0.05) is 11.8 Å². The number of hydrogen-bond donors (Lipinski definition) is 1.